The molecule has 2 aliphatic heterocycles. The molecule has 2 N–H and O–H groups in total. The molecule has 1 atom stereocenters. The maximum atomic E-state index is 13.0. The molecule has 6 aromatic rings. The number of anilines is 2. The van der Waals surface area contributed by atoms with Crippen LogP contribution in [0.15, 0.2) is 97.3 Å². The second kappa shape index (κ2) is 16.1. The number of Topliss-reactive ketones (excluding diaryl/α,β-unsaturated/α-hetero) is 1. The second-order valence-electron chi connectivity index (χ2n) is 13.4. The number of nitrogens with zero attached hydrogens (tertiary/aromatic N) is 6. The van der Waals surface area contributed by atoms with E-state index < -0.39 is 0 Å². The molecule has 0 amide bonds. The van der Waals surface area contributed by atoms with E-state index in [2.05, 4.69) is 90.1 Å². The molecule has 0 saturated carbocycles. The fraction of sp³-hybridized carbons (Fsp3) is 0.341. The van der Waals surface area contributed by atoms with Gasteiger partial charge in [0.05, 0.1) is 5.52 Å². The Kier molecular flexibility index (Phi) is 11.0. The summed E-state index contributed by atoms with van der Waals surface area (Å²) in [5.74, 6) is 2.40. The predicted octanol–water partition coefficient (Wildman–Crippen LogP) is 6.52. The highest BCUT2D eigenvalue weighted by molar-refractivity contribution is 6.30. The van der Waals surface area contributed by atoms with Gasteiger partial charge in [0, 0.05) is 123 Å². The van der Waals surface area contributed by atoms with Crippen molar-refractivity contribution in [2.45, 2.75) is 26.3 Å². The minimum Gasteiger partial charge on any atom is -0.369 e. The van der Waals surface area contributed by atoms with Crippen LogP contribution in [0.3, 0.4) is 0 Å². The number of piperazine rings is 2. The summed E-state index contributed by atoms with van der Waals surface area (Å²) in [6.45, 7) is 11.2. The van der Waals surface area contributed by atoms with Crippen LogP contribution in [0, 0.1) is 12.8 Å². The van der Waals surface area contributed by atoms with Crippen molar-refractivity contribution in [3.63, 3.8) is 0 Å². The number of carbonyl (C=O) groups excluding carboxylic acids is 1. The Morgan fingerprint density at radius 3 is 2.31 bits per heavy atom. The zero-order valence-corrected chi connectivity index (χ0v) is 30.3. The lowest BCUT2D eigenvalue weighted by Crippen LogP contribution is -2.43. The van der Waals surface area contributed by atoms with Crippen molar-refractivity contribution in [2.24, 2.45) is 13.0 Å². The summed E-state index contributed by atoms with van der Waals surface area (Å²) in [7, 11) is 2.06. The van der Waals surface area contributed by atoms with Crippen molar-refractivity contribution >= 4 is 50.7 Å². The lowest BCUT2D eigenvalue weighted by Gasteiger charge is -2.29. The highest BCUT2D eigenvalue weighted by Gasteiger charge is 2.32. The van der Waals surface area contributed by atoms with Gasteiger partial charge in [0.15, 0.2) is 5.78 Å². The third kappa shape index (κ3) is 7.96. The van der Waals surface area contributed by atoms with Crippen LogP contribution in [0.1, 0.15) is 28.3 Å². The molecule has 5 heterocycles. The van der Waals surface area contributed by atoms with Gasteiger partial charge in [-0.2, -0.15) is 0 Å². The molecule has 51 heavy (non-hydrogen) atoms. The zero-order chi connectivity index (χ0) is 35.2. The van der Waals surface area contributed by atoms with Gasteiger partial charge in [-0.05, 0) is 62.2 Å². The van der Waals surface area contributed by atoms with Crippen LogP contribution in [0.5, 0.6) is 0 Å². The quantitative estimate of drug-likeness (QED) is 0.217. The molecule has 0 radical (unpaired) electrons. The van der Waals surface area contributed by atoms with Gasteiger partial charge >= 0.3 is 0 Å². The lowest BCUT2D eigenvalue weighted by atomic mass is 9.85. The smallest absolute Gasteiger partial charge is 0.170 e. The topological polar surface area (TPSA) is 83.2 Å². The molecule has 2 fully saturated rings. The Bertz CT molecular complexity index is 2090. The number of fused-ring (bicyclic) bond motifs is 4. The molecule has 9 rings (SSSR count). The maximum Gasteiger partial charge on any atom is 0.170 e. The van der Waals surface area contributed by atoms with Gasteiger partial charge in [-0.15, -0.1) is 0 Å². The highest BCUT2D eigenvalue weighted by atomic mass is 35.5. The Labute approximate surface area is 305 Å². The van der Waals surface area contributed by atoms with E-state index in [9.17, 15) is 4.79 Å². The summed E-state index contributed by atoms with van der Waals surface area (Å²) in [6, 6.07) is 28.8. The van der Waals surface area contributed by atoms with E-state index in [1.165, 1.54) is 16.8 Å². The van der Waals surface area contributed by atoms with E-state index in [0.29, 0.717) is 0 Å². The first-order valence-corrected chi connectivity index (χ1v) is 18.4. The first-order chi connectivity index (χ1) is 25.0. The molecular formula is C41H47ClN8O. The molecule has 0 spiro atoms. The molecule has 2 saturated heterocycles. The van der Waals surface area contributed by atoms with E-state index in [4.69, 9.17) is 16.6 Å². The predicted molar refractivity (Wildman–Crippen MR) is 209 cm³/mol. The molecule has 1 aliphatic carbocycles. The standard InChI is InChI=1S/C18H19N3O.C13H15N3.C10H13ClN2/c1-12-19-9-10-21(12)11-13-7-8-16-17(18(13)22)14-5-3-4-6-15(14)20(16)2;1-2-4-12-11(3-1)5-6-13(15-12)16-9-7-14-8-10-16;11-9-2-1-3-10(8-9)13-6-4-12-5-7-13/h3-6,9-10,13H,7-8,11H2,1-2H3;1-6,14H,7-10H2;1-3,8,12H,4-7H2. The fourth-order valence-corrected chi connectivity index (χ4v) is 7.57. The summed E-state index contributed by atoms with van der Waals surface area (Å²) < 4.78 is 4.26. The first-order valence-electron chi connectivity index (χ1n) is 18.1. The van der Waals surface area contributed by atoms with Crippen LogP contribution >= 0.6 is 11.6 Å². The van der Waals surface area contributed by atoms with Crippen molar-refractivity contribution in [3.05, 3.63) is 119 Å². The average molecular weight is 703 g/mol. The van der Waals surface area contributed by atoms with Crippen molar-refractivity contribution in [2.75, 3.05) is 62.2 Å². The van der Waals surface area contributed by atoms with E-state index in [0.717, 1.165) is 110 Å². The molecule has 3 aromatic heterocycles. The number of nitrogens with one attached hydrogen (secondary N) is 2. The number of hydrogen-bond donors (Lipinski definition) is 2. The molecule has 10 heteroatoms. The largest absolute Gasteiger partial charge is 0.369 e. The molecule has 1 unspecified atom stereocenters. The molecule has 3 aliphatic rings. The number of halogens is 1. The Hall–Kier alpha value is -4.70. The summed E-state index contributed by atoms with van der Waals surface area (Å²) in [6.07, 6.45) is 5.63. The molecule has 9 nitrogen and oxygen atoms in total. The monoisotopic (exact) mass is 702 g/mol. The lowest BCUT2D eigenvalue weighted by molar-refractivity contribution is 0.0888. The number of aromatic nitrogens is 4. The van der Waals surface area contributed by atoms with E-state index in [1.54, 1.807) is 6.20 Å². The third-order valence-corrected chi connectivity index (χ3v) is 10.5. The SMILES string of the molecule is Cc1nccn1CC1CCc2c(c3ccccc3n2C)C1=O.Clc1cccc(N2CCNCC2)c1.c1ccc2nc(N3CCNCC3)ccc2c1. The molecule has 264 valence electrons. The second-order valence-corrected chi connectivity index (χ2v) is 13.9. The highest BCUT2D eigenvalue weighted by Crippen LogP contribution is 2.34. The van der Waals surface area contributed by atoms with Gasteiger partial charge in [-0.1, -0.05) is 54.1 Å². The molecule has 3 aromatic carbocycles. The molecule has 0 bridgehead atoms. The minimum absolute atomic E-state index is 0.0474. The average Bonchev–Trinajstić information content (AvgIpc) is 3.73. The summed E-state index contributed by atoms with van der Waals surface area (Å²) in [5.41, 5.74) is 5.59. The first kappa shape index (κ1) is 34.7. The maximum absolute atomic E-state index is 13.0. The van der Waals surface area contributed by atoms with Crippen LogP contribution in [0.4, 0.5) is 11.5 Å². The number of carbonyl (C=O) groups is 1. The normalized spacial score (nSPS) is 17.4. The zero-order valence-electron chi connectivity index (χ0n) is 29.6. The van der Waals surface area contributed by atoms with E-state index in [1.807, 2.05) is 49.5 Å². The fourth-order valence-electron chi connectivity index (χ4n) is 7.39. The van der Waals surface area contributed by atoms with E-state index >= 15 is 0 Å². The van der Waals surface area contributed by atoms with Crippen molar-refractivity contribution in [3.8, 4) is 0 Å². The minimum atomic E-state index is 0.0474. The Morgan fingerprint density at radius 1 is 0.843 bits per heavy atom. The van der Waals surface area contributed by atoms with Gasteiger partial charge in [0.25, 0.3) is 0 Å². The van der Waals surface area contributed by atoms with Gasteiger partial charge < -0.3 is 29.6 Å². The van der Waals surface area contributed by atoms with Gasteiger partial charge in [0.1, 0.15) is 11.6 Å². The van der Waals surface area contributed by atoms with Crippen molar-refractivity contribution in [1.82, 2.24) is 29.7 Å². The van der Waals surface area contributed by atoms with Crippen LogP contribution in [-0.2, 0) is 20.0 Å². The number of pyridine rings is 1. The van der Waals surface area contributed by atoms with Crippen LogP contribution in [0.25, 0.3) is 21.8 Å². The number of rotatable bonds is 4. The number of benzene rings is 3. The van der Waals surface area contributed by atoms with Gasteiger partial charge in [0.2, 0.25) is 0 Å². The summed E-state index contributed by atoms with van der Waals surface area (Å²) >= 11 is 5.92. The van der Waals surface area contributed by atoms with Gasteiger partial charge in [-0.3, -0.25) is 4.79 Å². The number of para-hydroxylation sites is 2. The number of aryl methyl sites for hydroxylation is 2. The summed E-state index contributed by atoms with van der Waals surface area (Å²) in [4.78, 5) is 26.7. The third-order valence-electron chi connectivity index (χ3n) is 10.2. The van der Waals surface area contributed by atoms with Crippen LogP contribution in [0.2, 0.25) is 5.02 Å². The van der Waals surface area contributed by atoms with E-state index in [-0.39, 0.29) is 11.7 Å². The Balaban J connectivity index is 0.000000124. The number of imidazole rings is 1. The van der Waals surface area contributed by atoms with Crippen LogP contribution in [-0.4, -0.2) is 77.2 Å². The summed E-state index contributed by atoms with van der Waals surface area (Å²) in [5, 5.41) is 9.80. The number of hydrogen-bond acceptors (Lipinski definition) is 7. The Morgan fingerprint density at radius 2 is 1.57 bits per heavy atom. The number of ketones is 1. The van der Waals surface area contributed by atoms with Crippen molar-refractivity contribution < 1.29 is 4.79 Å². The van der Waals surface area contributed by atoms with Gasteiger partial charge in [-0.25, -0.2) is 9.97 Å². The van der Waals surface area contributed by atoms with Crippen molar-refractivity contribution in [1.29, 1.82) is 0 Å². The molecular weight excluding hydrogens is 656 g/mol. The van der Waals surface area contributed by atoms with Crippen LogP contribution < -0.4 is 20.4 Å².